The molecule has 3 rings (SSSR count). The smallest absolute Gasteiger partial charge is 0.341 e. The molecular weight excluding hydrogens is 366 g/mol. The van der Waals surface area contributed by atoms with Crippen molar-refractivity contribution >= 4 is 22.6 Å². The molecule has 0 aliphatic heterocycles. The third kappa shape index (κ3) is 3.47. The first-order valence-corrected chi connectivity index (χ1v) is 8.77. The maximum Gasteiger partial charge on any atom is 0.341 e. The van der Waals surface area contributed by atoms with E-state index in [-0.39, 0.29) is 17.1 Å². The number of H-pyrrole nitrogens is 1. The predicted molar refractivity (Wildman–Crippen MR) is 104 cm³/mol. The standard InChI is InChI=1S/C21H20F2N2O3/c1-11(2)17-18-14(20(26)15(9-24-18)21(27)28)8-16(23)19(17)25(3)10-12-4-6-13(22)7-5-12/h4-9,11H,10H2,1-3H3,(H,24,26)(H,27,28). The van der Waals surface area contributed by atoms with E-state index in [1.54, 1.807) is 24.1 Å². The number of carbonyl (C=O) groups is 1. The second-order valence-electron chi connectivity index (χ2n) is 7.02. The van der Waals surface area contributed by atoms with Crippen molar-refractivity contribution in [2.24, 2.45) is 0 Å². The number of carboxylic acids is 1. The van der Waals surface area contributed by atoms with Crippen molar-refractivity contribution in [2.75, 3.05) is 11.9 Å². The van der Waals surface area contributed by atoms with Crippen molar-refractivity contribution in [3.8, 4) is 0 Å². The molecule has 2 N–H and O–H groups in total. The van der Waals surface area contributed by atoms with Gasteiger partial charge in [0.25, 0.3) is 0 Å². The summed E-state index contributed by atoms with van der Waals surface area (Å²) in [6.07, 6.45) is 1.14. The number of benzene rings is 2. The number of fused-ring (bicyclic) bond motifs is 1. The van der Waals surface area contributed by atoms with Crippen LogP contribution in [0.3, 0.4) is 0 Å². The Morgan fingerprint density at radius 2 is 1.86 bits per heavy atom. The van der Waals surface area contributed by atoms with Gasteiger partial charge in [-0.05, 0) is 29.7 Å². The Morgan fingerprint density at radius 1 is 1.21 bits per heavy atom. The van der Waals surface area contributed by atoms with E-state index in [0.29, 0.717) is 23.3 Å². The number of hydrogen-bond acceptors (Lipinski definition) is 3. The maximum absolute atomic E-state index is 15.1. The first kappa shape index (κ1) is 19.5. The number of nitrogens with zero attached hydrogens (tertiary/aromatic N) is 1. The summed E-state index contributed by atoms with van der Waals surface area (Å²) in [5.41, 5.74) is 0.934. The first-order chi connectivity index (χ1) is 13.2. The fourth-order valence-electron chi connectivity index (χ4n) is 3.40. The van der Waals surface area contributed by atoms with Gasteiger partial charge < -0.3 is 15.0 Å². The lowest BCUT2D eigenvalue weighted by atomic mass is 9.95. The molecule has 2 aromatic carbocycles. The van der Waals surface area contributed by atoms with Gasteiger partial charge in [0, 0.05) is 30.7 Å². The van der Waals surface area contributed by atoms with E-state index in [9.17, 15) is 14.0 Å². The number of pyridine rings is 1. The van der Waals surface area contributed by atoms with Gasteiger partial charge in [-0.1, -0.05) is 26.0 Å². The Hall–Kier alpha value is -3.22. The lowest BCUT2D eigenvalue weighted by molar-refractivity contribution is 0.0695. The molecule has 0 aliphatic carbocycles. The molecule has 28 heavy (non-hydrogen) atoms. The molecule has 7 heteroatoms. The molecule has 146 valence electrons. The fraction of sp³-hybridized carbons (Fsp3) is 0.238. The minimum Gasteiger partial charge on any atom is -0.477 e. The van der Waals surface area contributed by atoms with Gasteiger partial charge in [0.1, 0.15) is 17.2 Å². The molecule has 0 aliphatic rings. The summed E-state index contributed by atoms with van der Waals surface area (Å²) in [6.45, 7) is 4.07. The molecule has 1 heterocycles. The Morgan fingerprint density at radius 3 is 2.43 bits per heavy atom. The molecule has 0 amide bonds. The molecule has 3 aromatic rings. The topological polar surface area (TPSA) is 73.4 Å². The van der Waals surface area contributed by atoms with Crippen LogP contribution in [0.15, 0.2) is 41.3 Å². The minimum absolute atomic E-state index is 0.0000298. The van der Waals surface area contributed by atoms with Gasteiger partial charge >= 0.3 is 5.97 Å². The molecule has 0 atom stereocenters. The number of rotatable bonds is 5. The van der Waals surface area contributed by atoms with Gasteiger partial charge in [-0.2, -0.15) is 0 Å². The molecule has 0 fully saturated rings. The van der Waals surface area contributed by atoms with Gasteiger partial charge in [-0.15, -0.1) is 0 Å². The summed E-state index contributed by atoms with van der Waals surface area (Å²) in [6, 6.07) is 7.01. The highest BCUT2D eigenvalue weighted by atomic mass is 19.1. The number of halogens is 2. The van der Waals surface area contributed by atoms with Crippen LogP contribution in [-0.2, 0) is 6.54 Å². The maximum atomic E-state index is 15.1. The zero-order chi connectivity index (χ0) is 20.6. The molecule has 0 saturated heterocycles. The van der Waals surface area contributed by atoms with Crippen molar-refractivity contribution in [2.45, 2.75) is 26.3 Å². The van der Waals surface area contributed by atoms with E-state index in [2.05, 4.69) is 4.98 Å². The minimum atomic E-state index is -1.37. The molecule has 0 spiro atoms. The average molecular weight is 386 g/mol. The second-order valence-corrected chi connectivity index (χ2v) is 7.02. The molecule has 0 saturated carbocycles. The lowest BCUT2D eigenvalue weighted by Gasteiger charge is -2.26. The normalized spacial score (nSPS) is 11.2. The highest BCUT2D eigenvalue weighted by molar-refractivity contribution is 5.95. The van der Waals surface area contributed by atoms with Crippen LogP contribution in [0, 0.1) is 11.6 Å². The van der Waals surface area contributed by atoms with Crippen LogP contribution in [-0.4, -0.2) is 23.1 Å². The number of anilines is 1. The average Bonchev–Trinajstić information content (AvgIpc) is 2.62. The zero-order valence-corrected chi connectivity index (χ0v) is 15.7. The largest absolute Gasteiger partial charge is 0.477 e. The van der Waals surface area contributed by atoms with E-state index >= 15 is 4.39 Å². The molecule has 0 bridgehead atoms. The first-order valence-electron chi connectivity index (χ1n) is 8.77. The number of nitrogens with one attached hydrogen (secondary N) is 1. The third-order valence-corrected chi connectivity index (χ3v) is 4.66. The summed E-state index contributed by atoms with van der Waals surface area (Å²) in [4.78, 5) is 28.3. The van der Waals surface area contributed by atoms with Crippen molar-refractivity contribution < 1.29 is 18.7 Å². The number of aromatic carboxylic acids is 1. The number of aromatic amines is 1. The molecular formula is C21H20F2N2O3. The summed E-state index contributed by atoms with van der Waals surface area (Å²) in [5, 5.41) is 9.15. The molecule has 0 radical (unpaired) electrons. The monoisotopic (exact) mass is 386 g/mol. The van der Waals surface area contributed by atoms with Crippen molar-refractivity contribution in [3.63, 3.8) is 0 Å². The number of carboxylic acid groups (broad SMARTS) is 1. The summed E-state index contributed by atoms with van der Waals surface area (Å²) >= 11 is 0. The van der Waals surface area contributed by atoms with E-state index < -0.39 is 22.8 Å². The Balaban J connectivity index is 2.19. The van der Waals surface area contributed by atoms with Crippen LogP contribution in [0.2, 0.25) is 0 Å². The van der Waals surface area contributed by atoms with Crippen LogP contribution < -0.4 is 10.3 Å². The van der Waals surface area contributed by atoms with Gasteiger partial charge in [0.15, 0.2) is 0 Å². The van der Waals surface area contributed by atoms with Gasteiger partial charge in [0.05, 0.1) is 11.2 Å². The molecule has 5 nitrogen and oxygen atoms in total. The SMILES string of the molecule is CC(C)c1c(N(C)Cc2ccc(F)cc2)c(F)cc2c(=O)c(C(=O)O)c[nH]c12. The van der Waals surface area contributed by atoms with Crippen molar-refractivity contribution in [3.05, 3.63) is 75.1 Å². The Labute approximate surface area is 160 Å². The van der Waals surface area contributed by atoms with Gasteiger partial charge in [-0.25, -0.2) is 13.6 Å². The van der Waals surface area contributed by atoms with Crippen molar-refractivity contribution in [1.82, 2.24) is 4.98 Å². The van der Waals surface area contributed by atoms with Crippen LogP contribution >= 0.6 is 0 Å². The Kier molecular flexibility index (Phi) is 5.18. The third-order valence-electron chi connectivity index (χ3n) is 4.66. The highest BCUT2D eigenvalue weighted by Crippen LogP contribution is 2.35. The molecule has 1 aromatic heterocycles. The van der Waals surface area contributed by atoms with Crippen LogP contribution in [0.5, 0.6) is 0 Å². The number of aromatic nitrogens is 1. The van der Waals surface area contributed by atoms with Crippen LogP contribution in [0.25, 0.3) is 10.9 Å². The van der Waals surface area contributed by atoms with Crippen LogP contribution in [0.4, 0.5) is 14.5 Å². The summed E-state index contributed by atoms with van der Waals surface area (Å²) < 4.78 is 28.2. The van der Waals surface area contributed by atoms with E-state index in [1.807, 2.05) is 13.8 Å². The van der Waals surface area contributed by atoms with E-state index in [1.165, 1.54) is 12.1 Å². The second kappa shape index (κ2) is 7.42. The van der Waals surface area contributed by atoms with Gasteiger partial charge in [0.2, 0.25) is 5.43 Å². The summed E-state index contributed by atoms with van der Waals surface area (Å²) in [5.74, 6) is -2.48. The fourth-order valence-corrected chi connectivity index (χ4v) is 3.40. The van der Waals surface area contributed by atoms with E-state index in [0.717, 1.165) is 17.8 Å². The van der Waals surface area contributed by atoms with E-state index in [4.69, 9.17) is 5.11 Å². The predicted octanol–water partition coefficient (Wildman–Crippen LogP) is 4.26. The quantitative estimate of drug-likeness (QED) is 0.687. The van der Waals surface area contributed by atoms with Crippen LogP contribution in [0.1, 0.15) is 41.3 Å². The van der Waals surface area contributed by atoms with Gasteiger partial charge in [-0.3, -0.25) is 4.79 Å². The lowest BCUT2D eigenvalue weighted by Crippen LogP contribution is -2.22. The summed E-state index contributed by atoms with van der Waals surface area (Å²) in [7, 11) is 1.71. The Bertz CT molecular complexity index is 1110. The highest BCUT2D eigenvalue weighted by Gasteiger charge is 2.23. The van der Waals surface area contributed by atoms with Crippen molar-refractivity contribution in [1.29, 1.82) is 0 Å². The number of hydrogen-bond donors (Lipinski definition) is 2. The molecule has 0 unspecified atom stereocenters. The zero-order valence-electron chi connectivity index (χ0n) is 15.7.